The molecule has 1 amide bonds. The minimum atomic E-state index is -0.0238. The molecule has 0 aliphatic carbocycles. The maximum absolute atomic E-state index is 12.8. The lowest BCUT2D eigenvalue weighted by Gasteiger charge is -2.14. The second-order valence-corrected chi connectivity index (χ2v) is 8.81. The molecular weight excluding hydrogens is 476 g/mol. The van der Waals surface area contributed by atoms with Crippen molar-refractivity contribution in [1.82, 2.24) is 4.90 Å². The van der Waals surface area contributed by atoms with Gasteiger partial charge in [-0.1, -0.05) is 45.8 Å². The van der Waals surface area contributed by atoms with Gasteiger partial charge in [0, 0.05) is 17.6 Å². The number of amides is 1. The van der Waals surface area contributed by atoms with E-state index in [-0.39, 0.29) is 5.91 Å². The number of amidine groups is 1. The molecule has 1 fully saturated rings. The molecule has 7 heteroatoms. The van der Waals surface area contributed by atoms with Crippen LogP contribution in [0.3, 0.4) is 0 Å². The standard InChI is InChI=1S/C24H27BrN2O3S/c1-5-26-24-27(6-2)23(28)22(31-24)13-18-12-20(29-7-3)21(14-19(18)25)30-15-17-10-8-16(4)9-11-17/h8-14H,5-7,15H2,1-4H3/b22-13+,26-24?. The van der Waals surface area contributed by atoms with Gasteiger partial charge < -0.3 is 9.47 Å². The Labute approximate surface area is 196 Å². The number of likely N-dealkylation sites (N-methyl/N-ethyl adjacent to an activating group) is 1. The average molecular weight is 503 g/mol. The van der Waals surface area contributed by atoms with E-state index in [0.717, 1.165) is 20.8 Å². The van der Waals surface area contributed by atoms with Crippen molar-refractivity contribution < 1.29 is 14.3 Å². The highest BCUT2D eigenvalue weighted by Gasteiger charge is 2.32. The molecule has 1 saturated heterocycles. The summed E-state index contributed by atoms with van der Waals surface area (Å²) in [5.74, 6) is 1.28. The van der Waals surface area contributed by atoms with E-state index in [9.17, 15) is 4.79 Å². The van der Waals surface area contributed by atoms with Crippen molar-refractivity contribution >= 4 is 44.8 Å². The van der Waals surface area contributed by atoms with Crippen molar-refractivity contribution in [3.8, 4) is 11.5 Å². The summed E-state index contributed by atoms with van der Waals surface area (Å²) in [6.45, 7) is 10.1. The van der Waals surface area contributed by atoms with Crippen LogP contribution >= 0.6 is 27.7 Å². The van der Waals surface area contributed by atoms with Crippen LogP contribution in [0.1, 0.15) is 37.5 Å². The quantitative estimate of drug-likeness (QED) is 0.412. The summed E-state index contributed by atoms with van der Waals surface area (Å²) in [6.07, 6.45) is 1.88. The first-order chi connectivity index (χ1) is 15.0. The lowest BCUT2D eigenvalue weighted by Crippen LogP contribution is -2.28. The molecule has 0 bridgehead atoms. The summed E-state index contributed by atoms with van der Waals surface area (Å²) in [7, 11) is 0. The normalized spacial score (nSPS) is 16.4. The number of ether oxygens (including phenoxy) is 2. The Balaban J connectivity index is 1.87. The lowest BCUT2D eigenvalue weighted by molar-refractivity contribution is -0.122. The highest BCUT2D eigenvalue weighted by Crippen LogP contribution is 2.38. The Morgan fingerprint density at radius 3 is 2.45 bits per heavy atom. The highest BCUT2D eigenvalue weighted by atomic mass is 79.9. The van der Waals surface area contributed by atoms with Crippen molar-refractivity contribution in [3.05, 3.63) is 62.5 Å². The number of hydrogen-bond acceptors (Lipinski definition) is 5. The van der Waals surface area contributed by atoms with Crippen molar-refractivity contribution in [1.29, 1.82) is 0 Å². The van der Waals surface area contributed by atoms with Crippen molar-refractivity contribution in [2.45, 2.75) is 34.3 Å². The smallest absolute Gasteiger partial charge is 0.266 e. The SMILES string of the molecule is CCN=C1S/C(=C/c2cc(OCC)c(OCc3ccc(C)cc3)cc2Br)C(=O)N1CC. The monoisotopic (exact) mass is 502 g/mol. The minimum Gasteiger partial charge on any atom is -0.490 e. The predicted octanol–water partition coefficient (Wildman–Crippen LogP) is 6.05. The molecule has 0 radical (unpaired) electrons. The molecule has 0 aromatic heterocycles. The van der Waals surface area contributed by atoms with Gasteiger partial charge in [-0.05, 0) is 68.8 Å². The Hall–Kier alpha value is -2.25. The number of carbonyl (C=O) groups is 1. The lowest BCUT2D eigenvalue weighted by atomic mass is 10.1. The molecule has 0 spiro atoms. The third-order valence-corrected chi connectivity index (χ3v) is 6.39. The Morgan fingerprint density at radius 2 is 1.81 bits per heavy atom. The molecule has 2 aromatic carbocycles. The van der Waals surface area contributed by atoms with E-state index < -0.39 is 0 Å². The van der Waals surface area contributed by atoms with Gasteiger partial charge >= 0.3 is 0 Å². The zero-order chi connectivity index (χ0) is 22.4. The van der Waals surface area contributed by atoms with Gasteiger partial charge in [-0.15, -0.1) is 0 Å². The van der Waals surface area contributed by atoms with Gasteiger partial charge in [0.25, 0.3) is 5.91 Å². The third-order valence-electron chi connectivity index (χ3n) is 4.66. The maximum Gasteiger partial charge on any atom is 0.266 e. The summed E-state index contributed by atoms with van der Waals surface area (Å²) < 4.78 is 12.7. The summed E-state index contributed by atoms with van der Waals surface area (Å²) >= 11 is 5.04. The molecular formula is C24H27BrN2O3S. The van der Waals surface area contributed by atoms with Crippen molar-refractivity contribution in [2.24, 2.45) is 4.99 Å². The topological polar surface area (TPSA) is 51.1 Å². The fraction of sp³-hybridized carbons (Fsp3) is 0.333. The molecule has 0 atom stereocenters. The van der Waals surface area contributed by atoms with Crippen LogP contribution in [0.15, 0.2) is 50.8 Å². The van der Waals surface area contributed by atoms with Crippen LogP contribution in [0.2, 0.25) is 0 Å². The van der Waals surface area contributed by atoms with E-state index in [1.807, 2.05) is 39.0 Å². The van der Waals surface area contributed by atoms with Crippen LogP contribution in [-0.2, 0) is 11.4 Å². The first-order valence-corrected chi connectivity index (χ1v) is 12.0. The van der Waals surface area contributed by atoms with Gasteiger partial charge in [0.15, 0.2) is 16.7 Å². The number of benzene rings is 2. The summed E-state index contributed by atoms with van der Waals surface area (Å²) in [6, 6.07) is 12.1. The van der Waals surface area contributed by atoms with Gasteiger partial charge in [0.1, 0.15) is 6.61 Å². The van der Waals surface area contributed by atoms with Gasteiger partial charge in [0.05, 0.1) is 11.5 Å². The molecule has 1 aliphatic rings. The number of carbonyl (C=O) groups excluding carboxylic acids is 1. The van der Waals surface area contributed by atoms with E-state index in [1.54, 1.807) is 4.90 Å². The van der Waals surface area contributed by atoms with Crippen molar-refractivity contribution in [3.63, 3.8) is 0 Å². The summed E-state index contributed by atoms with van der Waals surface area (Å²) in [4.78, 5) is 19.6. The number of thioether (sulfide) groups is 1. The van der Waals surface area contributed by atoms with Crippen molar-refractivity contribution in [2.75, 3.05) is 19.7 Å². The van der Waals surface area contributed by atoms with E-state index >= 15 is 0 Å². The zero-order valence-corrected chi connectivity index (χ0v) is 20.7. The van der Waals surface area contributed by atoms with E-state index in [2.05, 4.69) is 52.1 Å². The number of aliphatic imine (C=N–C) groups is 1. The molecule has 3 rings (SSSR count). The molecule has 2 aromatic rings. The van der Waals surface area contributed by atoms with E-state index in [0.29, 0.717) is 42.7 Å². The number of rotatable bonds is 8. The second kappa shape index (κ2) is 10.9. The molecule has 5 nitrogen and oxygen atoms in total. The van der Waals surface area contributed by atoms with Crippen LogP contribution in [0.25, 0.3) is 6.08 Å². The Bertz CT molecular complexity index is 1000. The number of hydrogen-bond donors (Lipinski definition) is 0. The average Bonchev–Trinajstić information content (AvgIpc) is 3.05. The fourth-order valence-corrected chi connectivity index (χ4v) is 4.60. The highest BCUT2D eigenvalue weighted by molar-refractivity contribution is 9.10. The van der Waals surface area contributed by atoms with E-state index in [4.69, 9.17) is 9.47 Å². The van der Waals surface area contributed by atoms with E-state index in [1.165, 1.54) is 17.3 Å². The predicted molar refractivity (Wildman–Crippen MR) is 132 cm³/mol. The molecule has 1 aliphatic heterocycles. The first kappa shape index (κ1) is 23.4. The Kier molecular flexibility index (Phi) is 8.21. The number of aryl methyl sites for hydroxylation is 1. The molecule has 0 saturated carbocycles. The van der Waals surface area contributed by atoms with Crippen LogP contribution in [0.5, 0.6) is 11.5 Å². The zero-order valence-electron chi connectivity index (χ0n) is 18.3. The first-order valence-electron chi connectivity index (χ1n) is 10.4. The minimum absolute atomic E-state index is 0.0238. The van der Waals surface area contributed by atoms with Gasteiger partial charge in [-0.2, -0.15) is 0 Å². The second-order valence-electron chi connectivity index (χ2n) is 6.94. The fourth-order valence-electron chi connectivity index (χ4n) is 3.07. The van der Waals surface area contributed by atoms with Crippen LogP contribution in [0, 0.1) is 6.92 Å². The van der Waals surface area contributed by atoms with Gasteiger partial charge in [0.2, 0.25) is 0 Å². The maximum atomic E-state index is 12.8. The summed E-state index contributed by atoms with van der Waals surface area (Å²) in [5, 5.41) is 0.750. The molecule has 31 heavy (non-hydrogen) atoms. The van der Waals surface area contributed by atoms with Crippen LogP contribution in [0.4, 0.5) is 0 Å². The number of nitrogens with zero attached hydrogens (tertiary/aromatic N) is 2. The van der Waals surface area contributed by atoms with Crippen LogP contribution in [-0.4, -0.2) is 35.7 Å². The van der Waals surface area contributed by atoms with Crippen LogP contribution < -0.4 is 9.47 Å². The number of halogens is 1. The van der Waals surface area contributed by atoms with Gasteiger partial charge in [-0.25, -0.2) is 0 Å². The largest absolute Gasteiger partial charge is 0.490 e. The molecule has 164 valence electrons. The third kappa shape index (κ3) is 5.71. The Morgan fingerprint density at radius 1 is 1.10 bits per heavy atom. The molecule has 1 heterocycles. The molecule has 0 N–H and O–H groups in total. The summed E-state index contributed by atoms with van der Waals surface area (Å²) in [5.41, 5.74) is 3.16. The molecule has 0 unspecified atom stereocenters. The van der Waals surface area contributed by atoms with Gasteiger partial charge in [-0.3, -0.25) is 14.7 Å².